The third-order valence-corrected chi connectivity index (χ3v) is 6.36. The molecule has 5 rings (SSSR count). The summed E-state index contributed by atoms with van der Waals surface area (Å²) in [7, 11) is 1.53. The largest absolute Gasteiger partial charge is 0.507 e. The molecule has 35 heavy (non-hydrogen) atoms. The van der Waals surface area contributed by atoms with Crippen LogP contribution in [0.5, 0.6) is 5.75 Å². The van der Waals surface area contributed by atoms with E-state index in [4.69, 9.17) is 4.74 Å². The van der Waals surface area contributed by atoms with Crippen LogP contribution in [0.15, 0.2) is 84.6 Å². The Morgan fingerprint density at radius 1 is 1.06 bits per heavy atom. The predicted octanol–water partition coefficient (Wildman–Crippen LogP) is 4.98. The van der Waals surface area contributed by atoms with Gasteiger partial charge in [-0.3, -0.25) is 9.59 Å². The van der Waals surface area contributed by atoms with Gasteiger partial charge in [0.1, 0.15) is 17.3 Å². The summed E-state index contributed by atoms with van der Waals surface area (Å²) in [6.45, 7) is 0.215. The lowest BCUT2D eigenvalue weighted by molar-refractivity contribution is -0.139. The minimum atomic E-state index is -0.919. The fourth-order valence-electron chi connectivity index (χ4n) is 4.62. The molecule has 1 fully saturated rings. The third kappa shape index (κ3) is 4.05. The topological polar surface area (TPSA) is 82.6 Å². The summed E-state index contributed by atoms with van der Waals surface area (Å²) < 4.78 is 19.3. The van der Waals surface area contributed by atoms with Gasteiger partial charge in [-0.1, -0.05) is 30.3 Å². The lowest BCUT2D eigenvalue weighted by atomic mass is 9.95. The van der Waals surface area contributed by atoms with E-state index in [2.05, 4.69) is 4.98 Å². The number of para-hydroxylation sites is 1. The molecule has 1 aromatic heterocycles. The third-order valence-electron chi connectivity index (χ3n) is 6.36. The highest BCUT2D eigenvalue weighted by atomic mass is 19.1. The maximum Gasteiger partial charge on any atom is 0.295 e. The van der Waals surface area contributed by atoms with Crippen LogP contribution < -0.4 is 4.74 Å². The molecule has 1 amide bonds. The Labute approximate surface area is 201 Å². The second-order valence-corrected chi connectivity index (χ2v) is 8.39. The van der Waals surface area contributed by atoms with Gasteiger partial charge in [0.25, 0.3) is 11.7 Å². The molecular formula is C28H23FN2O4. The van der Waals surface area contributed by atoms with Gasteiger partial charge in [-0.15, -0.1) is 0 Å². The first-order valence-corrected chi connectivity index (χ1v) is 11.2. The number of hydrogen-bond donors (Lipinski definition) is 2. The van der Waals surface area contributed by atoms with Gasteiger partial charge in [-0.25, -0.2) is 4.39 Å². The molecule has 1 saturated heterocycles. The number of nitrogens with zero attached hydrogens (tertiary/aromatic N) is 1. The van der Waals surface area contributed by atoms with E-state index in [1.54, 1.807) is 30.3 Å². The molecule has 0 radical (unpaired) electrons. The van der Waals surface area contributed by atoms with Crippen molar-refractivity contribution in [2.24, 2.45) is 0 Å². The van der Waals surface area contributed by atoms with Crippen molar-refractivity contribution in [3.8, 4) is 5.75 Å². The SMILES string of the molecule is COc1ccc(C(O)=C2C(=O)C(=O)N(CCc3c[nH]c4ccccc34)[C@H]2c2cccc(F)c2)cc1. The zero-order valence-corrected chi connectivity index (χ0v) is 19.0. The summed E-state index contributed by atoms with van der Waals surface area (Å²) in [5.74, 6) is -1.74. The number of likely N-dealkylation sites (tertiary alicyclic amines) is 1. The molecule has 4 aromatic rings. The number of fused-ring (bicyclic) bond motifs is 1. The lowest BCUT2D eigenvalue weighted by Gasteiger charge is -2.25. The molecule has 0 spiro atoms. The number of amides is 1. The summed E-state index contributed by atoms with van der Waals surface area (Å²) >= 11 is 0. The van der Waals surface area contributed by atoms with Crippen molar-refractivity contribution >= 4 is 28.4 Å². The number of methoxy groups -OCH3 is 1. The van der Waals surface area contributed by atoms with Gasteiger partial charge in [0.05, 0.1) is 18.7 Å². The van der Waals surface area contributed by atoms with Crippen molar-refractivity contribution < 1.29 is 23.8 Å². The monoisotopic (exact) mass is 470 g/mol. The number of Topliss-reactive ketones (excluding diaryl/α,β-unsaturated/α-hetero) is 1. The maximum absolute atomic E-state index is 14.2. The van der Waals surface area contributed by atoms with Crippen molar-refractivity contribution in [3.05, 3.63) is 107 Å². The molecule has 176 valence electrons. The van der Waals surface area contributed by atoms with E-state index in [-0.39, 0.29) is 17.9 Å². The smallest absolute Gasteiger partial charge is 0.295 e. The number of ether oxygens (including phenoxy) is 1. The second kappa shape index (κ2) is 9.10. The van der Waals surface area contributed by atoms with E-state index in [0.717, 1.165) is 16.5 Å². The number of nitrogens with one attached hydrogen (secondary N) is 1. The summed E-state index contributed by atoms with van der Waals surface area (Å²) in [6, 6.07) is 19.2. The van der Waals surface area contributed by atoms with Crippen LogP contribution in [0.25, 0.3) is 16.7 Å². The predicted molar refractivity (Wildman–Crippen MR) is 130 cm³/mol. The molecule has 2 heterocycles. The van der Waals surface area contributed by atoms with E-state index in [1.165, 1.54) is 30.2 Å². The average Bonchev–Trinajstić information content (AvgIpc) is 3.40. The molecule has 6 nitrogen and oxygen atoms in total. The minimum Gasteiger partial charge on any atom is -0.507 e. The van der Waals surface area contributed by atoms with Crippen LogP contribution in [0.3, 0.4) is 0 Å². The van der Waals surface area contributed by atoms with Crippen LogP contribution in [-0.4, -0.2) is 40.3 Å². The quantitative estimate of drug-likeness (QED) is 0.237. The summed E-state index contributed by atoms with van der Waals surface area (Å²) in [4.78, 5) is 30.9. The fourth-order valence-corrected chi connectivity index (χ4v) is 4.62. The summed E-state index contributed by atoms with van der Waals surface area (Å²) in [6.07, 6.45) is 2.36. The van der Waals surface area contributed by atoms with Gasteiger partial charge in [0.2, 0.25) is 0 Å². The normalized spacial score (nSPS) is 17.3. The van der Waals surface area contributed by atoms with Gasteiger partial charge in [0.15, 0.2) is 0 Å². The molecule has 0 unspecified atom stereocenters. The first-order chi connectivity index (χ1) is 17.0. The molecule has 2 N–H and O–H groups in total. The highest BCUT2D eigenvalue weighted by Crippen LogP contribution is 2.40. The van der Waals surface area contributed by atoms with E-state index in [0.29, 0.717) is 23.3 Å². The van der Waals surface area contributed by atoms with E-state index in [1.807, 2.05) is 30.5 Å². The minimum absolute atomic E-state index is 0.0651. The molecule has 1 aliphatic heterocycles. The highest BCUT2D eigenvalue weighted by molar-refractivity contribution is 6.46. The number of ketones is 1. The molecule has 3 aromatic carbocycles. The Morgan fingerprint density at radius 2 is 1.83 bits per heavy atom. The first kappa shape index (κ1) is 22.4. The standard InChI is InChI=1S/C28H23FN2O4/c1-35-21-11-9-17(10-12-21)26(32)24-25(18-5-4-6-20(29)15-18)31(28(34)27(24)33)14-13-19-16-30-23-8-3-2-7-22(19)23/h2-12,15-16,25,30,32H,13-14H2,1H3/t25-/m0/s1. The molecule has 0 aliphatic carbocycles. The number of rotatable bonds is 6. The van der Waals surface area contributed by atoms with Crippen LogP contribution in [0, 0.1) is 5.82 Å². The number of halogens is 1. The lowest BCUT2D eigenvalue weighted by Crippen LogP contribution is -2.31. The van der Waals surface area contributed by atoms with E-state index < -0.39 is 23.5 Å². The van der Waals surface area contributed by atoms with Crippen LogP contribution in [0.4, 0.5) is 4.39 Å². The summed E-state index contributed by atoms with van der Waals surface area (Å²) in [5.41, 5.74) is 2.69. The number of H-pyrrole nitrogens is 1. The Hall–Kier alpha value is -4.39. The zero-order chi connectivity index (χ0) is 24.5. The number of aromatic amines is 1. The average molecular weight is 471 g/mol. The molecular weight excluding hydrogens is 447 g/mol. The van der Waals surface area contributed by atoms with Gasteiger partial charge in [-0.2, -0.15) is 0 Å². The molecule has 7 heteroatoms. The molecule has 0 saturated carbocycles. The van der Waals surface area contributed by atoms with Gasteiger partial charge in [0, 0.05) is 29.2 Å². The summed E-state index contributed by atoms with van der Waals surface area (Å²) in [5, 5.41) is 12.2. The van der Waals surface area contributed by atoms with E-state index >= 15 is 0 Å². The zero-order valence-electron chi connectivity index (χ0n) is 19.0. The Morgan fingerprint density at radius 3 is 2.57 bits per heavy atom. The maximum atomic E-state index is 14.2. The van der Waals surface area contributed by atoms with Crippen LogP contribution >= 0.6 is 0 Å². The van der Waals surface area contributed by atoms with Gasteiger partial charge in [-0.05, 0) is 60.0 Å². The Balaban J connectivity index is 1.56. The van der Waals surface area contributed by atoms with Crippen molar-refractivity contribution in [2.75, 3.05) is 13.7 Å². The van der Waals surface area contributed by atoms with Crippen molar-refractivity contribution in [2.45, 2.75) is 12.5 Å². The second-order valence-electron chi connectivity index (χ2n) is 8.39. The Kier molecular flexibility index (Phi) is 5.82. The molecule has 1 aliphatic rings. The number of benzene rings is 3. The van der Waals surface area contributed by atoms with E-state index in [9.17, 15) is 19.1 Å². The van der Waals surface area contributed by atoms with Gasteiger partial charge >= 0.3 is 0 Å². The van der Waals surface area contributed by atoms with Crippen molar-refractivity contribution in [1.82, 2.24) is 9.88 Å². The van der Waals surface area contributed by atoms with Gasteiger partial charge < -0.3 is 19.7 Å². The number of aromatic nitrogens is 1. The first-order valence-electron chi connectivity index (χ1n) is 11.2. The van der Waals surface area contributed by atoms with Crippen molar-refractivity contribution in [1.29, 1.82) is 0 Å². The number of carbonyl (C=O) groups is 2. The number of carbonyl (C=O) groups excluding carboxylic acids is 2. The Bertz CT molecular complexity index is 1460. The fraction of sp³-hybridized carbons (Fsp3) is 0.143. The van der Waals surface area contributed by atoms with Crippen LogP contribution in [0.2, 0.25) is 0 Å². The van der Waals surface area contributed by atoms with Crippen LogP contribution in [-0.2, 0) is 16.0 Å². The number of hydrogen-bond acceptors (Lipinski definition) is 4. The number of aliphatic hydroxyl groups is 1. The number of aliphatic hydroxyl groups excluding tert-OH is 1. The molecule has 1 atom stereocenters. The molecule has 0 bridgehead atoms. The van der Waals surface area contributed by atoms with Crippen LogP contribution in [0.1, 0.15) is 22.7 Å². The van der Waals surface area contributed by atoms with Crippen molar-refractivity contribution in [3.63, 3.8) is 0 Å². The highest BCUT2D eigenvalue weighted by Gasteiger charge is 2.46.